The normalized spacial score (nSPS) is 17.7. The number of aliphatic hydroxyl groups is 2. The van der Waals surface area contributed by atoms with Crippen molar-refractivity contribution in [3.63, 3.8) is 0 Å². The Balaban J connectivity index is 1.82. The van der Waals surface area contributed by atoms with Crippen LogP contribution in [0.15, 0.2) is 0 Å². The van der Waals surface area contributed by atoms with E-state index < -0.39 is 0 Å². The Kier molecular flexibility index (Phi) is 59.5. The van der Waals surface area contributed by atoms with Gasteiger partial charge in [-0.15, -0.1) is 0 Å². The summed E-state index contributed by atoms with van der Waals surface area (Å²) in [4.78, 5) is 0. The molecule has 0 amide bonds. The number of ether oxygens (including phenoxy) is 6. The van der Waals surface area contributed by atoms with Crippen LogP contribution in [-0.2, 0) is 28.4 Å². The predicted molar refractivity (Wildman–Crippen MR) is 367 cm³/mol. The third-order valence-electron chi connectivity index (χ3n) is 19.5. The minimum Gasteiger partial charge on any atom is -0.394 e. The number of rotatable bonds is 68. The third kappa shape index (κ3) is 57.3. The molecule has 0 aromatic rings. The zero-order chi connectivity index (χ0) is 62.1. The summed E-state index contributed by atoms with van der Waals surface area (Å²) in [6.45, 7) is 31.7. The van der Waals surface area contributed by atoms with E-state index in [4.69, 9.17) is 28.4 Å². The molecule has 8 heteroatoms. The largest absolute Gasteiger partial charge is 0.394 e. The van der Waals surface area contributed by atoms with Crippen LogP contribution in [-0.4, -0.2) is 102 Å². The molecule has 510 valence electrons. The molecule has 0 saturated heterocycles. The second kappa shape index (κ2) is 61.2. The van der Waals surface area contributed by atoms with Crippen molar-refractivity contribution >= 4 is 0 Å². The van der Waals surface area contributed by atoms with Crippen LogP contribution in [0.4, 0.5) is 0 Å². The van der Waals surface area contributed by atoms with Gasteiger partial charge in [-0.25, -0.2) is 0 Å². The maximum Gasteiger partial charge on any atom is 0.104 e. The molecular weight excluding hydrogens is 1050 g/mol. The van der Waals surface area contributed by atoms with Crippen molar-refractivity contribution in [3.05, 3.63) is 0 Å². The lowest BCUT2D eigenvalue weighted by molar-refractivity contribution is -0.0459. The molecule has 1 fully saturated rings. The molecule has 1 saturated carbocycles. The molecule has 1 aliphatic rings. The van der Waals surface area contributed by atoms with Gasteiger partial charge in [0.05, 0.1) is 26.4 Å². The van der Waals surface area contributed by atoms with Crippen molar-refractivity contribution in [1.82, 2.24) is 0 Å². The quantitative estimate of drug-likeness (QED) is 0.0582. The van der Waals surface area contributed by atoms with E-state index in [2.05, 4.69) is 69.2 Å². The summed E-state index contributed by atoms with van der Waals surface area (Å²) in [7, 11) is 0. The van der Waals surface area contributed by atoms with Crippen LogP contribution in [0.1, 0.15) is 345 Å². The lowest BCUT2D eigenvalue weighted by atomic mass is 9.91. The van der Waals surface area contributed by atoms with E-state index in [1.54, 1.807) is 0 Å². The van der Waals surface area contributed by atoms with Gasteiger partial charge in [-0.3, -0.25) is 0 Å². The second-order valence-corrected chi connectivity index (χ2v) is 29.8. The van der Waals surface area contributed by atoms with E-state index in [1.165, 1.54) is 250 Å². The van der Waals surface area contributed by atoms with E-state index >= 15 is 0 Å². The van der Waals surface area contributed by atoms with Gasteiger partial charge in [0.2, 0.25) is 0 Å². The number of hydrogen-bond acceptors (Lipinski definition) is 8. The lowest BCUT2D eigenvalue weighted by Crippen LogP contribution is -2.25. The Bertz CT molecular complexity index is 1220. The maximum absolute atomic E-state index is 9.83. The Morgan fingerprint density at radius 2 is 0.506 bits per heavy atom. The highest BCUT2D eigenvalue weighted by Gasteiger charge is 2.25. The molecule has 10 atom stereocenters. The maximum atomic E-state index is 9.83. The first kappa shape index (κ1) is 82.7. The summed E-state index contributed by atoms with van der Waals surface area (Å²) in [6.07, 6.45) is 56.0. The molecule has 0 bridgehead atoms. The summed E-state index contributed by atoms with van der Waals surface area (Å²) in [5.74, 6) is 7.95. The van der Waals surface area contributed by atoms with E-state index in [-0.39, 0.29) is 25.4 Å². The Labute approximate surface area is 532 Å². The lowest BCUT2D eigenvalue weighted by Gasteiger charge is -2.18. The van der Waals surface area contributed by atoms with Crippen LogP contribution in [0, 0.1) is 59.2 Å². The Morgan fingerprint density at radius 1 is 0.271 bits per heavy atom. The minimum atomic E-state index is -0.193. The molecule has 0 heterocycles. The molecular formula is C77H154O8. The van der Waals surface area contributed by atoms with Crippen molar-refractivity contribution in [3.8, 4) is 0 Å². The fourth-order valence-electron chi connectivity index (χ4n) is 13.1. The van der Waals surface area contributed by atoms with E-state index in [0.29, 0.717) is 25.0 Å². The smallest absolute Gasteiger partial charge is 0.104 e. The van der Waals surface area contributed by atoms with Crippen molar-refractivity contribution < 1.29 is 38.6 Å². The molecule has 0 aromatic carbocycles. The van der Waals surface area contributed by atoms with Crippen molar-refractivity contribution in [1.29, 1.82) is 0 Å². The summed E-state index contributed by atoms with van der Waals surface area (Å²) in [6, 6.07) is 0. The summed E-state index contributed by atoms with van der Waals surface area (Å²) in [5.41, 5.74) is 0. The van der Waals surface area contributed by atoms with E-state index in [0.717, 1.165) is 126 Å². The first-order valence-electron chi connectivity index (χ1n) is 38.1. The Hall–Kier alpha value is -0.320. The van der Waals surface area contributed by atoms with Crippen LogP contribution in [0.25, 0.3) is 0 Å². The summed E-state index contributed by atoms with van der Waals surface area (Å²) in [5, 5.41) is 19.7. The molecule has 8 nitrogen and oxygen atoms in total. The average Bonchev–Trinajstić information content (AvgIpc) is 4.07. The first-order chi connectivity index (χ1) is 41.3. The zero-order valence-electron chi connectivity index (χ0n) is 59.2. The molecule has 0 radical (unpaired) electrons. The molecule has 0 aromatic heterocycles. The minimum absolute atomic E-state index is 0.0416. The van der Waals surface area contributed by atoms with Gasteiger partial charge in [-0.1, -0.05) is 288 Å². The van der Waals surface area contributed by atoms with Gasteiger partial charge < -0.3 is 38.6 Å². The highest BCUT2D eigenvalue weighted by Crippen LogP contribution is 2.32. The highest BCUT2D eigenvalue weighted by molar-refractivity contribution is 4.75. The summed E-state index contributed by atoms with van der Waals surface area (Å²) < 4.78 is 36.1. The SMILES string of the molecule is CC(C)CCC[C@@H](C)CCCC(C)CCCC(C)CCO[C@H](CO)COCCCCCCCCCCCCOC[C@H]1CC[C@@H](COCCCCCCCCCCCCOC[C@@H](CO)OCCC(C)CCC[C@H](C)CCC[C@H](C)CCCC(C)C)C1. The number of hydrogen-bond donors (Lipinski definition) is 2. The highest BCUT2D eigenvalue weighted by atomic mass is 16.5. The molecule has 1 aliphatic carbocycles. The second-order valence-electron chi connectivity index (χ2n) is 29.8. The number of unbranched alkanes of at least 4 members (excludes halogenated alkanes) is 18. The monoisotopic (exact) mass is 1210 g/mol. The predicted octanol–water partition coefficient (Wildman–Crippen LogP) is 22.0. The Morgan fingerprint density at radius 3 is 0.765 bits per heavy atom. The first-order valence-corrected chi connectivity index (χ1v) is 38.1. The standard InChI is InChI=1S/C77H154O8/c1-66(2)37-31-39-68(5)41-33-43-70(7)45-35-47-72(9)51-57-84-76(60-78)64-82-55-29-25-21-17-13-11-15-19-23-27-53-80-62-74-49-50-75(59-74)63-81-54-28-24-20-16-12-14-18-22-26-30-56-83-65-77(61-79)85-58-52-73(10)48-36-46-71(8)44-34-42-69(6)40-32-38-67(3)4/h66-79H,11-65H2,1-10H3/t68-,69-,70-,71?,72?,73?,74-,75+,76-,77-/m1/s1. The van der Waals surface area contributed by atoms with Crippen LogP contribution in [0.2, 0.25) is 0 Å². The van der Waals surface area contributed by atoms with Crippen LogP contribution in [0.5, 0.6) is 0 Å². The molecule has 2 N–H and O–H groups in total. The van der Waals surface area contributed by atoms with Gasteiger partial charge in [-0.2, -0.15) is 0 Å². The van der Waals surface area contributed by atoms with Gasteiger partial charge >= 0.3 is 0 Å². The molecule has 0 aliphatic heterocycles. The van der Waals surface area contributed by atoms with Gasteiger partial charge in [0, 0.05) is 52.9 Å². The van der Waals surface area contributed by atoms with Crippen molar-refractivity contribution in [2.24, 2.45) is 59.2 Å². The molecule has 3 unspecified atom stereocenters. The van der Waals surface area contributed by atoms with Crippen LogP contribution >= 0.6 is 0 Å². The molecule has 0 spiro atoms. The van der Waals surface area contributed by atoms with Crippen molar-refractivity contribution in [2.45, 2.75) is 358 Å². The fourth-order valence-corrected chi connectivity index (χ4v) is 13.1. The fraction of sp³-hybridized carbons (Fsp3) is 1.00. The van der Waals surface area contributed by atoms with Gasteiger partial charge in [0.25, 0.3) is 0 Å². The zero-order valence-corrected chi connectivity index (χ0v) is 59.2. The van der Waals surface area contributed by atoms with Gasteiger partial charge in [0.1, 0.15) is 12.2 Å². The van der Waals surface area contributed by atoms with Crippen LogP contribution in [0.3, 0.4) is 0 Å². The third-order valence-corrected chi connectivity index (χ3v) is 19.5. The van der Waals surface area contributed by atoms with Crippen LogP contribution < -0.4 is 0 Å². The van der Waals surface area contributed by atoms with Crippen molar-refractivity contribution in [2.75, 3.05) is 79.3 Å². The summed E-state index contributed by atoms with van der Waals surface area (Å²) >= 11 is 0. The van der Waals surface area contributed by atoms with Gasteiger partial charge in [-0.05, 0) is 117 Å². The molecule has 1 rings (SSSR count). The van der Waals surface area contributed by atoms with E-state index in [9.17, 15) is 10.2 Å². The topological polar surface area (TPSA) is 95.8 Å². The number of aliphatic hydroxyl groups excluding tert-OH is 2. The average molecular weight is 1210 g/mol. The van der Waals surface area contributed by atoms with E-state index in [1.807, 2.05) is 0 Å². The molecule has 85 heavy (non-hydrogen) atoms. The van der Waals surface area contributed by atoms with Gasteiger partial charge in [0.15, 0.2) is 0 Å².